The molecule has 29 heavy (non-hydrogen) atoms. The maximum absolute atomic E-state index is 13.0. The van der Waals surface area contributed by atoms with E-state index in [1.54, 1.807) is 37.5 Å². The van der Waals surface area contributed by atoms with Crippen LogP contribution in [0.3, 0.4) is 0 Å². The second kappa shape index (κ2) is 8.24. The third-order valence-electron chi connectivity index (χ3n) is 4.75. The van der Waals surface area contributed by atoms with Gasteiger partial charge in [-0.2, -0.15) is 0 Å². The average molecular weight is 388 g/mol. The summed E-state index contributed by atoms with van der Waals surface area (Å²) in [5.74, 6) is 2.59. The lowest BCUT2D eigenvalue weighted by atomic mass is 9.85. The minimum atomic E-state index is -0.308. The molecule has 1 amide bonds. The largest absolute Gasteiger partial charge is 0.497 e. The third kappa shape index (κ3) is 4.67. The SMILES string of the molecule is C#CCNC(=O)c1cccc(C(=O)C=C2NC(C)(C)Cc3ccc(OC)cc32)c1. The maximum atomic E-state index is 13.0. The number of terminal acetylenes is 1. The van der Waals surface area contributed by atoms with E-state index in [0.29, 0.717) is 11.1 Å². The highest BCUT2D eigenvalue weighted by Crippen LogP contribution is 2.32. The molecule has 5 heteroatoms. The molecule has 0 aliphatic carbocycles. The highest BCUT2D eigenvalue weighted by atomic mass is 16.5. The standard InChI is InChI=1S/C24H24N2O3/c1-5-11-25-23(28)17-8-6-7-16(12-17)22(27)14-21-20-13-19(29-4)10-9-18(20)15-24(2,3)26-21/h1,6-10,12-14,26H,11,15H2,2-4H3,(H,25,28). The molecule has 0 spiro atoms. The Labute approximate surface area is 171 Å². The summed E-state index contributed by atoms with van der Waals surface area (Å²) in [7, 11) is 1.62. The Balaban J connectivity index is 1.95. The molecule has 5 nitrogen and oxygen atoms in total. The Morgan fingerprint density at radius 2 is 2.00 bits per heavy atom. The van der Waals surface area contributed by atoms with Crippen LogP contribution in [-0.2, 0) is 6.42 Å². The minimum absolute atomic E-state index is 0.138. The number of benzene rings is 2. The molecule has 1 aliphatic rings. The fourth-order valence-electron chi connectivity index (χ4n) is 3.41. The summed E-state index contributed by atoms with van der Waals surface area (Å²) >= 11 is 0. The predicted octanol–water partition coefficient (Wildman–Crippen LogP) is 3.21. The van der Waals surface area contributed by atoms with Crippen molar-refractivity contribution in [2.75, 3.05) is 13.7 Å². The van der Waals surface area contributed by atoms with Crippen LogP contribution < -0.4 is 15.4 Å². The second-order valence-corrected chi connectivity index (χ2v) is 7.60. The first-order valence-corrected chi connectivity index (χ1v) is 9.36. The number of nitrogens with one attached hydrogen (secondary N) is 2. The van der Waals surface area contributed by atoms with E-state index in [-0.39, 0.29) is 23.8 Å². The predicted molar refractivity (Wildman–Crippen MR) is 114 cm³/mol. The number of hydrogen-bond acceptors (Lipinski definition) is 4. The Kier molecular flexibility index (Phi) is 5.74. The zero-order valence-electron chi connectivity index (χ0n) is 16.8. The van der Waals surface area contributed by atoms with Crippen molar-refractivity contribution >= 4 is 17.4 Å². The van der Waals surface area contributed by atoms with Crippen LogP contribution in [-0.4, -0.2) is 30.9 Å². The van der Waals surface area contributed by atoms with Gasteiger partial charge >= 0.3 is 0 Å². The van der Waals surface area contributed by atoms with Crippen LogP contribution in [0, 0.1) is 12.3 Å². The van der Waals surface area contributed by atoms with E-state index in [0.717, 1.165) is 29.0 Å². The zero-order chi connectivity index (χ0) is 21.0. The molecule has 1 heterocycles. The van der Waals surface area contributed by atoms with E-state index in [1.165, 1.54) is 0 Å². The smallest absolute Gasteiger partial charge is 0.252 e. The average Bonchev–Trinajstić information content (AvgIpc) is 2.71. The van der Waals surface area contributed by atoms with Crippen molar-refractivity contribution in [1.82, 2.24) is 10.6 Å². The van der Waals surface area contributed by atoms with Gasteiger partial charge in [0.15, 0.2) is 5.78 Å². The summed E-state index contributed by atoms with van der Waals surface area (Å²) < 4.78 is 5.35. The van der Waals surface area contributed by atoms with Crippen LogP contribution in [0.25, 0.3) is 5.70 Å². The summed E-state index contributed by atoms with van der Waals surface area (Å²) in [5.41, 5.74) is 3.47. The maximum Gasteiger partial charge on any atom is 0.252 e. The Bertz CT molecular complexity index is 1030. The van der Waals surface area contributed by atoms with Gasteiger partial charge in [0.2, 0.25) is 0 Å². The number of ketones is 1. The van der Waals surface area contributed by atoms with Gasteiger partial charge in [-0.15, -0.1) is 6.42 Å². The minimum Gasteiger partial charge on any atom is -0.497 e. The fraction of sp³-hybridized carbons (Fsp3) is 0.250. The Morgan fingerprint density at radius 3 is 2.72 bits per heavy atom. The Hall–Kier alpha value is -3.52. The van der Waals surface area contributed by atoms with Gasteiger partial charge in [-0.05, 0) is 50.1 Å². The van der Waals surface area contributed by atoms with Crippen LogP contribution in [0.2, 0.25) is 0 Å². The fourth-order valence-corrected chi connectivity index (χ4v) is 3.41. The van der Waals surface area contributed by atoms with Crippen LogP contribution in [0.5, 0.6) is 5.75 Å². The number of allylic oxidation sites excluding steroid dienone is 1. The van der Waals surface area contributed by atoms with Crippen LogP contribution in [0.15, 0.2) is 48.5 Å². The number of amides is 1. The summed E-state index contributed by atoms with van der Waals surface area (Å²) in [4.78, 5) is 25.1. The van der Waals surface area contributed by atoms with E-state index >= 15 is 0 Å². The molecule has 0 atom stereocenters. The van der Waals surface area contributed by atoms with Crippen LogP contribution >= 0.6 is 0 Å². The number of ether oxygens (including phenoxy) is 1. The number of carbonyl (C=O) groups is 2. The van der Waals surface area contributed by atoms with Gasteiger partial charge in [0.25, 0.3) is 5.91 Å². The van der Waals surface area contributed by atoms with Gasteiger partial charge in [0.1, 0.15) is 5.75 Å². The van der Waals surface area contributed by atoms with Crippen molar-refractivity contribution < 1.29 is 14.3 Å². The van der Waals surface area contributed by atoms with Crippen LogP contribution in [0.4, 0.5) is 0 Å². The molecule has 1 aliphatic heterocycles. The molecule has 2 N–H and O–H groups in total. The molecule has 0 saturated carbocycles. The molecule has 148 valence electrons. The van der Waals surface area contributed by atoms with E-state index in [2.05, 4.69) is 30.4 Å². The lowest BCUT2D eigenvalue weighted by molar-refractivity contribution is 0.0958. The van der Waals surface area contributed by atoms with Gasteiger partial charge in [-0.1, -0.05) is 24.1 Å². The summed E-state index contributed by atoms with van der Waals surface area (Å²) in [6.07, 6.45) is 7.59. The summed E-state index contributed by atoms with van der Waals surface area (Å²) in [5, 5.41) is 6.05. The highest BCUT2D eigenvalue weighted by molar-refractivity contribution is 6.10. The molecular weight excluding hydrogens is 364 g/mol. The number of fused-ring (bicyclic) bond motifs is 1. The van der Waals surface area contributed by atoms with Crippen molar-refractivity contribution in [3.63, 3.8) is 0 Å². The monoisotopic (exact) mass is 388 g/mol. The van der Waals surface area contributed by atoms with Crippen molar-refractivity contribution in [2.45, 2.75) is 25.8 Å². The number of carbonyl (C=O) groups excluding carboxylic acids is 2. The lowest BCUT2D eigenvalue weighted by Crippen LogP contribution is -2.43. The molecule has 0 aromatic heterocycles. The van der Waals surface area contributed by atoms with Crippen molar-refractivity contribution in [1.29, 1.82) is 0 Å². The third-order valence-corrected chi connectivity index (χ3v) is 4.75. The highest BCUT2D eigenvalue weighted by Gasteiger charge is 2.28. The van der Waals surface area contributed by atoms with Gasteiger partial charge in [0.05, 0.1) is 13.7 Å². The summed E-state index contributed by atoms with van der Waals surface area (Å²) in [6, 6.07) is 12.5. The molecule has 0 unspecified atom stereocenters. The summed E-state index contributed by atoms with van der Waals surface area (Å²) in [6.45, 7) is 4.32. The lowest BCUT2D eigenvalue weighted by Gasteiger charge is -2.35. The number of methoxy groups -OCH3 is 1. The quantitative estimate of drug-likeness (QED) is 0.469. The topological polar surface area (TPSA) is 67.4 Å². The molecule has 3 rings (SSSR count). The molecule has 0 radical (unpaired) electrons. The zero-order valence-corrected chi connectivity index (χ0v) is 16.8. The number of hydrogen-bond donors (Lipinski definition) is 2. The first kappa shape index (κ1) is 20.2. The van der Waals surface area contributed by atoms with Crippen molar-refractivity contribution in [3.8, 4) is 18.1 Å². The van der Waals surface area contributed by atoms with Crippen molar-refractivity contribution in [2.24, 2.45) is 0 Å². The Morgan fingerprint density at radius 1 is 1.24 bits per heavy atom. The second-order valence-electron chi connectivity index (χ2n) is 7.60. The molecule has 0 bridgehead atoms. The van der Waals surface area contributed by atoms with Gasteiger partial charge < -0.3 is 15.4 Å². The van der Waals surface area contributed by atoms with E-state index in [4.69, 9.17) is 11.2 Å². The molecule has 2 aromatic rings. The molecular formula is C24H24N2O3. The normalized spacial score (nSPS) is 15.6. The van der Waals surface area contributed by atoms with E-state index in [9.17, 15) is 9.59 Å². The first-order valence-electron chi connectivity index (χ1n) is 9.36. The van der Waals surface area contributed by atoms with Gasteiger partial charge in [-0.25, -0.2) is 0 Å². The molecule has 0 fully saturated rings. The molecule has 2 aromatic carbocycles. The van der Waals surface area contributed by atoms with E-state index in [1.807, 2.05) is 18.2 Å². The molecule has 0 saturated heterocycles. The van der Waals surface area contributed by atoms with Gasteiger partial charge in [0, 0.05) is 34.0 Å². The van der Waals surface area contributed by atoms with Gasteiger partial charge in [-0.3, -0.25) is 9.59 Å². The first-order chi connectivity index (χ1) is 13.8. The van der Waals surface area contributed by atoms with Crippen LogP contribution in [0.1, 0.15) is 45.7 Å². The van der Waals surface area contributed by atoms with E-state index < -0.39 is 0 Å². The van der Waals surface area contributed by atoms with Crippen molar-refractivity contribution in [3.05, 3.63) is 70.8 Å². The number of rotatable bonds is 5.